The molecule has 0 unspecified atom stereocenters. The van der Waals surface area contributed by atoms with Crippen molar-refractivity contribution in [3.8, 4) is 11.3 Å². The fourth-order valence-electron chi connectivity index (χ4n) is 1.63. The molecular formula is C12H14ClN3. The first-order valence-corrected chi connectivity index (χ1v) is 5.51. The summed E-state index contributed by atoms with van der Waals surface area (Å²) in [5.41, 5.74) is 3.15. The molecular weight excluding hydrogens is 222 g/mol. The van der Waals surface area contributed by atoms with Crippen molar-refractivity contribution in [1.29, 1.82) is 0 Å². The fourth-order valence-corrected chi connectivity index (χ4v) is 1.81. The summed E-state index contributed by atoms with van der Waals surface area (Å²) in [4.78, 5) is 0. The van der Waals surface area contributed by atoms with Crippen molar-refractivity contribution >= 4 is 11.6 Å². The molecule has 0 saturated carbocycles. The Morgan fingerprint density at radius 1 is 1.38 bits per heavy atom. The van der Waals surface area contributed by atoms with Crippen LogP contribution in [-0.2, 0) is 13.6 Å². The summed E-state index contributed by atoms with van der Waals surface area (Å²) < 4.78 is 1.79. The lowest BCUT2D eigenvalue weighted by atomic mass is 10.1. The highest BCUT2D eigenvalue weighted by molar-refractivity contribution is 6.31. The molecule has 0 aliphatic rings. The number of rotatable bonds is 3. The molecule has 0 fully saturated rings. The van der Waals surface area contributed by atoms with Crippen molar-refractivity contribution in [1.82, 2.24) is 15.1 Å². The molecule has 1 aromatic heterocycles. The van der Waals surface area contributed by atoms with Crippen molar-refractivity contribution in [3.63, 3.8) is 0 Å². The Bertz CT molecular complexity index is 491. The first-order chi connectivity index (χ1) is 7.70. The summed E-state index contributed by atoms with van der Waals surface area (Å²) in [6.07, 6.45) is 1.93. The zero-order valence-corrected chi connectivity index (χ0v) is 10.1. The van der Waals surface area contributed by atoms with E-state index in [0.29, 0.717) is 0 Å². The van der Waals surface area contributed by atoms with Gasteiger partial charge < -0.3 is 5.32 Å². The Balaban J connectivity index is 2.39. The van der Waals surface area contributed by atoms with Crippen molar-refractivity contribution in [2.24, 2.45) is 7.05 Å². The lowest BCUT2D eigenvalue weighted by Gasteiger charge is -2.05. The second-order valence-electron chi connectivity index (χ2n) is 3.71. The average Bonchev–Trinajstić information content (AvgIpc) is 2.69. The minimum atomic E-state index is 0.763. The van der Waals surface area contributed by atoms with E-state index in [2.05, 4.69) is 16.5 Å². The molecule has 84 valence electrons. The van der Waals surface area contributed by atoms with E-state index >= 15 is 0 Å². The van der Waals surface area contributed by atoms with Crippen LogP contribution in [0.2, 0.25) is 5.02 Å². The number of aryl methyl sites for hydroxylation is 1. The molecule has 2 rings (SSSR count). The smallest absolute Gasteiger partial charge is 0.0923 e. The predicted molar refractivity (Wildman–Crippen MR) is 66.4 cm³/mol. The van der Waals surface area contributed by atoms with E-state index in [4.69, 9.17) is 11.6 Å². The Kier molecular flexibility index (Phi) is 3.27. The predicted octanol–water partition coefficient (Wildman–Crippen LogP) is 2.46. The highest BCUT2D eigenvalue weighted by Gasteiger charge is 2.05. The van der Waals surface area contributed by atoms with Gasteiger partial charge in [-0.1, -0.05) is 17.7 Å². The number of nitrogens with one attached hydrogen (secondary N) is 1. The largest absolute Gasteiger partial charge is 0.316 e. The van der Waals surface area contributed by atoms with E-state index in [0.717, 1.165) is 28.4 Å². The SMILES string of the molecule is CNCc1cc(-c2ccn(C)n2)ccc1Cl. The second kappa shape index (κ2) is 4.68. The van der Waals surface area contributed by atoms with Crippen LogP contribution >= 0.6 is 11.6 Å². The van der Waals surface area contributed by atoms with Gasteiger partial charge >= 0.3 is 0 Å². The van der Waals surface area contributed by atoms with E-state index < -0.39 is 0 Å². The maximum absolute atomic E-state index is 6.10. The van der Waals surface area contributed by atoms with Crippen molar-refractivity contribution in [2.45, 2.75) is 6.54 Å². The molecule has 0 atom stereocenters. The molecule has 0 amide bonds. The van der Waals surface area contributed by atoms with Gasteiger partial charge in [-0.3, -0.25) is 4.68 Å². The fraction of sp³-hybridized carbons (Fsp3) is 0.250. The van der Waals surface area contributed by atoms with Gasteiger partial charge in [0.2, 0.25) is 0 Å². The van der Waals surface area contributed by atoms with E-state index in [1.54, 1.807) is 4.68 Å². The average molecular weight is 236 g/mol. The summed E-state index contributed by atoms with van der Waals surface area (Å²) >= 11 is 6.10. The highest BCUT2D eigenvalue weighted by atomic mass is 35.5. The number of benzene rings is 1. The van der Waals surface area contributed by atoms with Crippen LogP contribution in [0.15, 0.2) is 30.5 Å². The first-order valence-electron chi connectivity index (χ1n) is 5.14. The third-order valence-electron chi connectivity index (χ3n) is 2.42. The van der Waals surface area contributed by atoms with Gasteiger partial charge in [0.1, 0.15) is 0 Å². The number of aromatic nitrogens is 2. The van der Waals surface area contributed by atoms with Crippen molar-refractivity contribution in [2.75, 3.05) is 7.05 Å². The molecule has 16 heavy (non-hydrogen) atoms. The van der Waals surface area contributed by atoms with Crippen LogP contribution in [0.4, 0.5) is 0 Å². The van der Waals surface area contributed by atoms with E-state index in [1.165, 1.54) is 0 Å². The molecule has 0 radical (unpaired) electrons. The number of nitrogens with zero attached hydrogens (tertiary/aromatic N) is 2. The third-order valence-corrected chi connectivity index (χ3v) is 2.79. The summed E-state index contributed by atoms with van der Waals surface area (Å²) in [5, 5.41) is 8.25. The van der Waals surface area contributed by atoms with Gasteiger partial charge in [-0.25, -0.2) is 0 Å². The Labute approximate surface area is 100 Å². The van der Waals surface area contributed by atoms with Crippen LogP contribution in [0.25, 0.3) is 11.3 Å². The normalized spacial score (nSPS) is 10.7. The van der Waals surface area contributed by atoms with E-state index in [1.807, 2.05) is 38.5 Å². The number of hydrogen-bond donors (Lipinski definition) is 1. The summed E-state index contributed by atoms with van der Waals surface area (Å²) in [5.74, 6) is 0. The Morgan fingerprint density at radius 2 is 2.19 bits per heavy atom. The van der Waals surface area contributed by atoms with Crippen LogP contribution in [0, 0.1) is 0 Å². The lowest BCUT2D eigenvalue weighted by Crippen LogP contribution is -2.05. The molecule has 0 saturated heterocycles. The first kappa shape index (κ1) is 11.2. The Morgan fingerprint density at radius 3 is 2.81 bits per heavy atom. The quantitative estimate of drug-likeness (QED) is 0.886. The Hall–Kier alpha value is -1.32. The van der Waals surface area contributed by atoms with Crippen LogP contribution in [0.3, 0.4) is 0 Å². The molecule has 1 aromatic carbocycles. The topological polar surface area (TPSA) is 29.9 Å². The van der Waals surface area contributed by atoms with Crippen LogP contribution in [0.1, 0.15) is 5.56 Å². The van der Waals surface area contributed by atoms with Gasteiger partial charge in [0, 0.05) is 30.4 Å². The summed E-state index contributed by atoms with van der Waals surface area (Å²) in [7, 11) is 3.82. The molecule has 0 bridgehead atoms. The monoisotopic (exact) mass is 235 g/mol. The highest BCUT2D eigenvalue weighted by Crippen LogP contribution is 2.23. The van der Waals surface area contributed by atoms with E-state index in [9.17, 15) is 0 Å². The second-order valence-corrected chi connectivity index (χ2v) is 4.12. The number of halogens is 1. The van der Waals surface area contributed by atoms with Crippen molar-refractivity contribution in [3.05, 3.63) is 41.0 Å². The summed E-state index contributed by atoms with van der Waals surface area (Å²) in [6, 6.07) is 7.97. The molecule has 1 heterocycles. The van der Waals surface area contributed by atoms with Crippen LogP contribution < -0.4 is 5.32 Å². The van der Waals surface area contributed by atoms with Crippen LogP contribution in [-0.4, -0.2) is 16.8 Å². The standard InChI is InChI=1S/C12H14ClN3/c1-14-8-10-7-9(3-4-11(10)13)12-5-6-16(2)15-12/h3-7,14H,8H2,1-2H3. The molecule has 4 heteroatoms. The van der Waals surface area contributed by atoms with E-state index in [-0.39, 0.29) is 0 Å². The molecule has 3 nitrogen and oxygen atoms in total. The molecule has 0 spiro atoms. The van der Waals surface area contributed by atoms with Crippen molar-refractivity contribution < 1.29 is 0 Å². The number of hydrogen-bond acceptors (Lipinski definition) is 2. The van der Waals surface area contributed by atoms with Gasteiger partial charge in [-0.15, -0.1) is 0 Å². The van der Waals surface area contributed by atoms with Gasteiger partial charge in [-0.05, 0) is 30.8 Å². The van der Waals surface area contributed by atoms with Gasteiger partial charge in [0.15, 0.2) is 0 Å². The maximum Gasteiger partial charge on any atom is 0.0923 e. The zero-order chi connectivity index (χ0) is 11.5. The molecule has 1 N–H and O–H groups in total. The molecule has 0 aliphatic carbocycles. The van der Waals surface area contributed by atoms with Gasteiger partial charge in [0.25, 0.3) is 0 Å². The van der Waals surface area contributed by atoms with Gasteiger partial charge in [-0.2, -0.15) is 5.10 Å². The maximum atomic E-state index is 6.10. The molecule has 0 aliphatic heterocycles. The zero-order valence-electron chi connectivity index (χ0n) is 9.37. The minimum absolute atomic E-state index is 0.763. The minimum Gasteiger partial charge on any atom is -0.316 e. The van der Waals surface area contributed by atoms with Crippen LogP contribution in [0.5, 0.6) is 0 Å². The summed E-state index contributed by atoms with van der Waals surface area (Å²) in [6.45, 7) is 0.763. The molecule has 2 aromatic rings. The third kappa shape index (κ3) is 2.26. The lowest BCUT2D eigenvalue weighted by molar-refractivity contribution is 0.770. The van der Waals surface area contributed by atoms with Gasteiger partial charge in [0.05, 0.1) is 5.69 Å².